The van der Waals surface area contributed by atoms with Crippen LogP contribution in [0.25, 0.3) is 0 Å². The Bertz CT molecular complexity index is 552. The number of benzene rings is 1. The number of nitrogens with two attached hydrogens (primary N) is 1. The number of hydrogen-bond acceptors (Lipinski definition) is 4. The Kier molecular flexibility index (Phi) is 5.34. The number of nitrogens with zero attached hydrogens (tertiary/aromatic N) is 2. The fraction of sp³-hybridized carbons (Fsp3) is 0.333. The molecule has 1 aromatic carbocycles. The van der Waals surface area contributed by atoms with Crippen molar-refractivity contribution in [1.29, 1.82) is 0 Å². The zero-order valence-electron chi connectivity index (χ0n) is 12.0. The molecule has 1 atom stereocenters. The van der Waals surface area contributed by atoms with Crippen LogP contribution in [-0.4, -0.2) is 28.1 Å². The molecule has 0 spiro atoms. The van der Waals surface area contributed by atoms with Crippen LogP contribution >= 0.6 is 0 Å². The van der Waals surface area contributed by atoms with E-state index >= 15 is 0 Å². The SMILES string of the molecule is CC(Cn1ccnc1)NC(=O)COc1ccc(CN)cc1. The van der Waals surface area contributed by atoms with Crippen molar-refractivity contribution < 1.29 is 9.53 Å². The fourth-order valence-electron chi connectivity index (χ4n) is 1.94. The molecule has 1 aromatic heterocycles. The summed E-state index contributed by atoms with van der Waals surface area (Å²) < 4.78 is 7.35. The molecule has 0 aliphatic carbocycles. The summed E-state index contributed by atoms with van der Waals surface area (Å²) in [6.45, 7) is 3.10. The van der Waals surface area contributed by atoms with Crippen LogP contribution in [0.3, 0.4) is 0 Å². The van der Waals surface area contributed by atoms with Gasteiger partial charge in [-0.2, -0.15) is 0 Å². The standard InChI is InChI=1S/C15H20N4O2/c1-12(9-19-7-6-17-11-19)18-15(20)10-21-14-4-2-13(8-16)3-5-14/h2-7,11-12H,8-10,16H2,1H3,(H,18,20). The summed E-state index contributed by atoms with van der Waals surface area (Å²) in [5.41, 5.74) is 6.55. The van der Waals surface area contributed by atoms with E-state index < -0.39 is 0 Å². The van der Waals surface area contributed by atoms with Gasteiger partial charge in [0.25, 0.3) is 5.91 Å². The third kappa shape index (κ3) is 4.92. The van der Waals surface area contributed by atoms with E-state index in [9.17, 15) is 4.79 Å². The molecule has 0 radical (unpaired) electrons. The van der Waals surface area contributed by atoms with E-state index in [0.717, 1.165) is 5.56 Å². The predicted octanol–water partition coefficient (Wildman–Crippen LogP) is 0.925. The summed E-state index contributed by atoms with van der Waals surface area (Å²) in [7, 11) is 0. The van der Waals surface area contributed by atoms with Gasteiger partial charge in [0.1, 0.15) is 5.75 Å². The number of rotatable bonds is 7. The second kappa shape index (κ2) is 7.44. The van der Waals surface area contributed by atoms with Crippen molar-refractivity contribution in [2.24, 2.45) is 5.73 Å². The zero-order valence-corrected chi connectivity index (χ0v) is 12.0. The first-order valence-corrected chi connectivity index (χ1v) is 6.84. The summed E-state index contributed by atoms with van der Waals surface area (Å²) in [5, 5.41) is 2.88. The van der Waals surface area contributed by atoms with Crippen molar-refractivity contribution in [3.05, 3.63) is 48.5 Å². The number of ether oxygens (including phenoxy) is 1. The first kappa shape index (κ1) is 15.1. The van der Waals surface area contributed by atoms with Gasteiger partial charge in [0.15, 0.2) is 6.61 Å². The molecule has 2 rings (SSSR count). The van der Waals surface area contributed by atoms with E-state index in [1.165, 1.54) is 0 Å². The monoisotopic (exact) mass is 288 g/mol. The van der Waals surface area contributed by atoms with E-state index in [-0.39, 0.29) is 18.6 Å². The molecule has 1 amide bonds. The number of imidazole rings is 1. The third-order valence-corrected chi connectivity index (χ3v) is 2.98. The summed E-state index contributed by atoms with van der Waals surface area (Å²) in [6, 6.07) is 7.40. The molecule has 6 heteroatoms. The Morgan fingerprint density at radius 3 is 2.81 bits per heavy atom. The predicted molar refractivity (Wildman–Crippen MR) is 79.7 cm³/mol. The number of hydrogen-bond donors (Lipinski definition) is 2. The van der Waals surface area contributed by atoms with Crippen LogP contribution in [0, 0.1) is 0 Å². The van der Waals surface area contributed by atoms with Crippen molar-refractivity contribution >= 4 is 5.91 Å². The molecule has 1 heterocycles. The minimum atomic E-state index is -0.148. The lowest BCUT2D eigenvalue weighted by Crippen LogP contribution is -2.38. The number of carbonyl (C=O) groups is 1. The fourth-order valence-corrected chi connectivity index (χ4v) is 1.94. The second-order valence-corrected chi connectivity index (χ2v) is 4.86. The van der Waals surface area contributed by atoms with Crippen molar-refractivity contribution in [3.63, 3.8) is 0 Å². The minimum absolute atomic E-state index is 0.00373. The van der Waals surface area contributed by atoms with E-state index in [4.69, 9.17) is 10.5 Å². The van der Waals surface area contributed by atoms with Crippen molar-refractivity contribution in [3.8, 4) is 5.75 Å². The van der Waals surface area contributed by atoms with Gasteiger partial charge in [0, 0.05) is 31.5 Å². The highest BCUT2D eigenvalue weighted by Gasteiger charge is 2.08. The van der Waals surface area contributed by atoms with Gasteiger partial charge in [-0.05, 0) is 24.6 Å². The zero-order chi connectivity index (χ0) is 15.1. The normalized spacial score (nSPS) is 11.9. The summed E-state index contributed by atoms with van der Waals surface area (Å²) in [6.07, 6.45) is 5.29. The molecular weight excluding hydrogens is 268 g/mol. The van der Waals surface area contributed by atoms with E-state index in [2.05, 4.69) is 10.3 Å². The van der Waals surface area contributed by atoms with Gasteiger partial charge in [-0.15, -0.1) is 0 Å². The summed E-state index contributed by atoms with van der Waals surface area (Å²) in [4.78, 5) is 15.8. The van der Waals surface area contributed by atoms with Gasteiger partial charge in [-0.25, -0.2) is 4.98 Å². The van der Waals surface area contributed by atoms with Crippen LogP contribution in [0.1, 0.15) is 12.5 Å². The molecular formula is C15H20N4O2. The molecule has 3 N–H and O–H groups in total. The molecule has 6 nitrogen and oxygen atoms in total. The largest absolute Gasteiger partial charge is 0.484 e. The van der Waals surface area contributed by atoms with Gasteiger partial charge in [-0.1, -0.05) is 12.1 Å². The van der Waals surface area contributed by atoms with E-state index in [1.54, 1.807) is 12.5 Å². The van der Waals surface area contributed by atoms with Gasteiger partial charge in [0.2, 0.25) is 0 Å². The van der Waals surface area contributed by atoms with Gasteiger partial charge in [-0.3, -0.25) is 4.79 Å². The maximum absolute atomic E-state index is 11.8. The van der Waals surface area contributed by atoms with E-state index in [1.807, 2.05) is 42.0 Å². The second-order valence-electron chi connectivity index (χ2n) is 4.86. The lowest BCUT2D eigenvalue weighted by atomic mass is 10.2. The molecule has 112 valence electrons. The van der Waals surface area contributed by atoms with Crippen LogP contribution in [0.2, 0.25) is 0 Å². The Hall–Kier alpha value is -2.34. The maximum atomic E-state index is 11.8. The third-order valence-electron chi connectivity index (χ3n) is 2.98. The quantitative estimate of drug-likeness (QED) is 0.794. The van der Waals surface area contributed by atoms with Crippen LogP contribution in [0.4, 0.5) is 0 Å². The molecule has 0 aliphatic heterocycles. The minimum Gasteiger partial charge on any atom is -0.484 e. The first-order valence-electron chi connectivity index (χ1n) is 6.84. The molecule has 0 aliphatic rings. The lowest BCUT2D eigenvalue weighted by molar-refractivity contribution is -0.123. The van der Waals surface area contributed by atoms with Crippen LogP contribution in [0.15, 0.2) is 43.0 Å². The Balaban J connectivity index is 1.73. The Labute approximate surface area is 123 Å². The molecule has 0 saturated carbocycles. The number of carbonyl (C=O) groups excluding carboxylic acids is 1. The molecule has 2 aromatic rings. The van der Waals surface area contributed by atoms with Crippen molar-refractivity contribution in [1.82, 2.24) is 14.9 Å². The molecule has 21 heavy (non-hydrogen) atoms. The van der Waals surface area contributed by atoms with Crippen LogP contribution in [0.5, 0.6) is 5.75 Å². The number of nitrogens with one attached hydrogen (secondary N) is 1. The highest BCUT2D eigenvalue weighted by Crippen LogP contribution is 2.11. The van der Waals surface area contributed by atoms with Crippen molar-refractivity contribution in [2.45, 2.75) is 26.1 Å². The molecule has 0 saturated heterocycles. The van der Waals surface area contributed by atoms with Crippen LogP contribution in [-0.2, 0) is 17.9 Å². The number of amides is 1. The van der Waals surface area contributed by atoms with Gasteiger partial charge >= 0.3 is 0 Å². The summed E-state index contributed by atoms with van der Waals surface area (Å²) in [5.74, 6) is 0.509. The molecule has 0 fully saturated rings. The maximum Gasteiger partial charge on any atom is 0.258 e. The highest BCUT2D eigenvalue weighted by atomic mass is 16.5. The van der Waals surface area contributed by atoms with Gasteiger partial charge < -0.3 is 20.4 Å². The average Bonchev–Trinajstić information content (AvgIpc) is 2.98. The van der Waals surface area contributed by atoms with Gasteiger partial charge in [0.05, 0.1) is 6.33 Å². The Morgan fingerprint density at radius 2 is 2.19 bits per heavy atom. The van der Waals surface area contributed by atoms with Crippen LogP contribution < -0.4 is 15.8 Å². The average molecular weight is 288 g/mol. The highest BCUT2D eigenvalue weighted by molar-refractivity contribution is 5.77. The summed E-state index contributed by atoms with van der Waals surface area (Å²) >= 11 is 0. The molecule has 1 unspecified atom stereocenters. The number of aromatic nitrogens is 2. The Morgan fingerprint density at radius 1 is 1.43 bits per heavy atom. The van der Waals surface area contributed by atoms with Crippen molar-refractivity contribution in [2.75, 3.05) is 6.61 Å². The lowest BCUT2D eigenvalue weighted by Gasteiger charge is -2.14. The van der Waals surface area contributed by atoms with E-state index in [0.29, 0.717) is 18.8 Å². The smallest absolute Gasteiger partial charge is 0.258 e. The molecule has 0 bridgehead atoms. The topological polar surface area (TPSA) is 82.2 Å². The first-order chi connectivity index (χ1) is 10.2.